The van der Waals surface area contributed by atoms with Gasteiger partial charge in [0.25, 0.3) is 0 Å². The second-order valence-electron chi connectivity index (χ2n) is 4.09. The van der Waals surface area contributed by atoms with E-state index in [2.05, 4.69) is 15.2 Å². The number of hydrogen-bond acceptors (Lipinski definition) is 2. The fourth-order valence-electron chi connectivity index (χ4n) is 1.98. The predicted molar refractivity (Wildman–Crippen MR) is 64.3 cm³/mol. The SMILES string of the molecule is FC(F)(F)c1cc(-c2cccnc2)c2cn[nH]c2c1. The van der Waals surface area contributed by atoms with E-state index >= 15 is 0 Å². The molecule has 2 heterocycles. The standard InChI is InChI=1S/C13H8F3N3/c14-13(15,16)9-4-10(8-2-1-3-17-6-8)11-7-18-19-12(11)5-9/h1-7H,(H,18,19). The first-order chi connectivity index (χ1) is 9.05. The van der Waals surface area contributed by atoms with E-state index in [9.17, 15) is 13.2 Å². The highest BCUT2D eigenvalue weighted by molar-refractivity contribution is 5.94. The van der Waals surface area contributed by atoms with Crippen molar-refractivity contribution in [3.8, 4) is 11.1 Å². The third-order valence-electron chi connectivity index (χ3n) is 2.86. The molecule has 1 N–H and O–H groups in total. The van der Waals surface area contributed by atoms with E-state index in [1.165, 1.54) is 12.4 Å². The van der Waals surface area contributed by atoms with Crippen LogP contribution in [0.3, 0.4) is 0 Å². The second kappa shape index (κ2) is 4.08. The molecule has 6 heteroatoms. The van der Waals surface area contributed by atoms with Gasteiger partial charge < -0.3 is 0 Å². The van der Waals surface area contributed by atoms with Crippen molar-refractivity contribution >= 4 is 10.9 Å². The van der Waals surface area contributed by atoms with Crippen molar-refractivity contribution in [1.82, 2.24) is 15.2 Å². The third-order valence-corrected chi connectivity index (χ3v) is 2.86. The fourth-order valence-corrected chi connectivity index (χ4v) is 1.98. The minimum absolute atomic E-state index is 0.355. The molecule has 96 valence electrons. The first-order valence-corrected chi connectivity index (χ1v) is 5.50. The molecule has 1 aromatic carbocycles. The molecular formula is C13H8F3N3. The molecule has 0 aliphatic rings. The number of aromatic amines is 1. The highest BCUT2D eigenvalue weighted by atomic mass is 19.4. The fraction of sp³-hybridized carbons (Fsp3) is 0.0769. The maximum atomic E-state index is 12.9. The Morgan fingerprint density at radius 3 is 2.63 bits per heavy atom. The zero-order valence-corrected chi connectivity index (χ0v) is 9.57. The molecule has 3 aromatic rings. The normalized spacial score (nSPS) is 11.9. The Morgan fingerprint density at radius 2 is 1.95 bits per heavy atom. The molecule has 2 aromatic heterocycles. The van der Waals surface area contributed by atoms with Crippen LogP contribution in [0.1, 0.15) is 5.56 Å². The molecule has 0 unspecified atom stereocenters. The van der Waals surface area contributed by atoms with Crippen LogP contribution in [-0.2, 0) is 6.18 Å². The number of rotatable bonds is 1. The molecule has 0 fully saturated rings. The number of aromatic nitrogens is 3. The van der Waals surface area contributed by atoms with Gasteiger partial charge in [0.1, 0.15) is 0 Å². The highest BCUT2D eigenvalue weighted by Gasteiger charge is 2.31. The van der Waals surface area contributed by atoms with Crippen LogP contribution in [0.15, 0.2) is 42.9 Å². The Morgan fingerprint density at radius 1 is 1.11 bits per heavy atom. The third kappa shape index (κ3) is 2.05. The van der Waals surface area contributed by atoms with E-state index in [1.54, 1.807) is 18.3 Å². The lowest BCUT2D eigenvalue weighted by atomic mass is 10.0. The van der Waals surface area contributed by atoms with E-state index in [0.29, 0.717) is 22.0 Å². The summed E-state index contributed by atoms with van der Waals surface area (Å²) in [5, 5.41) is 7.01. The van der Waals surface area contributed by atoms with Crippen LogP contribution in [-0.4, -0.2) is 15.2 Å². The van der Waals surface area contributed by atoms with Gasteiger partial charge in [-0.3, -0.25) is 10.1 Å². The maximum absolute atomic E-state index is 12.9. The highest BCUT2D eigenvalue weighted by Crippen LogP contribution is 2.36. The van der Waals surface area contributed by atoms with Crippen molar-refractivity contribution < 1.29 is 13.2 Å². The average Bonchev–Trinajstić information content (AvgIpc) is 2.85. The molecular weight excluding hydrogens is 255 g/mol. The van der Waals surface area contributed by atoms with E-state index in [-0.39, 0.29) is 0 Å². The molecule has 0 saturated carbocycles. The topological polar surface area (TPSA) is 41.6 Å². The summed E-state index contributed by atoms with van der Waals surface area (Å²) in [5.74, 6) is 0. The predicted octanol–water partition coefficient (Wildman–Crippen LogP) is 3.64. The van der Waals surface area contributed by atoms with Crippen molar-refractivity contribution in [2.75, 3.05) is 0 Å². The number of hydrogen-bond donors (Lipinski definition) is 1. The Labute approximate surface area is 106 Å². The van der Waals surface area contributed by atoms with Gasteiger partial charge in [-0.05, 0) is 23.8 Å². The lowest BCUT2D eigenvalue weighted by Gasteiger charge is -2.10. The van der Waals surface area contributed by atoms with E-state index in [0.717, 1.165) is 12.1 Å². The van der Waals surface area contributed by atoms with Crippen molar-refractivity contribution in [1.29, 1.82) is 0 Å². The molecule has 0 aliphatic heterocycles. The maximum Gasteiger partial charge on any atom is 0.416 e. The lowest BCUT2D eigenvalue weighted by molar-refractivity contribution is -0.137. The van der Waals surface area contributed by atoms with Gasteiger partial charge in [-0.2, -0.15) is 18.3 Å². The lowest BCUT2D eigenvalue weighted by Crippen LogP contribution is -2.05. The number of fused-ring (bicyclic) bond motifs is 1. The van der Waals surface area contributed by atoms with Crippen LogP contribution in [0.5, 0.6) is 0 Å². The van der Waals surface area contributed by atoms with E-state index in [1.807, 2.05) is 0 Å². The van der Waals surface area contributed by atoms with Gasteiger partial charge in [0.05, 0.1) is 17.3 Å². The van der Waals surface area contributed by atoms with Crippen LogP contribution in [0, 0.1) is 0 Å². The van der Waals surface area contributed by atoms with Gasteiger partial charge in [-0.25, -0.2) is 0 Å². The monoisotopic (exact) mass is 263 g/mol. The largest absolute Gasteiger partial charge is 0.416 e. The van der Waals surface area contributed by atoms with Crippen molar-refractivity contribution in [2.45, 2.75) is 6.18 Å². The molecule has 0 saturated heterocycles. The van der Waals surface area contributed by atoms with Crippen LogP contribution in [0.25, 0.3) is 22.0 Å². The number of nitrogens with zero attached hydrogens (tertiary/aromatic N) is 2. The summed E-state index contributed by atoms with van der Waals surface area (Å²) < 4.78 is 38.6. The number of benzene rings is 1. The van der Waals surface area contributed by atoms with Crippen LogP contribution < -0.4 is 0 Å². The van der Waals surface area contributed by atoms with Crippen LogP contribution >= 0.6 is 0 Å². The molecule has 19 heavy (non-hydrogen) atoms. The van der Waals surface area contributed by atoms with Crippen LogP contribution in [0.4, 0.5) is 13.2 Å². The Hall–Kier alpha value is -2.37. The second-order valence-corrected chi connectivity index (χ2v) is 4.09. The minimum Gasteiger partial charge on any atom is -0.278 e. The summed E-state index contributed by atoms with van der Waals surface area (Å²) in [5.41, 5.74) is 0.739. The van der Waals surface area contributed by atoms with E-state index < -0.39 is 11.7 Å². The summed E-state index contributed by atoms with van der Waals surface area (Å²) in [7, 11) is 0. The number of alkyl halides is 3. The number of H-pyrrole nitrogens is 1. The number of pyridine rings is 1. The van der Waals surface area contributed by atoms with Crippen molar-refractivity contribution in [3.63, 3.8) is 0 Å². The van der Waals surface area contributed by atoms with Crippen LogP contribution in [0.2, 0.25) is 0 Å². The van der Waals surface area contributed by atoms with Gasteiger partial charge in [0.2, 0.25) is 0 Å². The summed E-state index contributed by atoms with van der Waals surface area (Å²) in [4.78, 5) is 3.93. The number of halogens is 3. The molecule has 3 rings (SSSR count). The van der Waals surface area contributed by atoms with Gasteiger partial charge in [-0.15, -0.1) is 0 Å². The molecule has 0 bridgehead atoms. The summed E-state index contributed by atoms with van der Waals surface area (Å²) in [6, 6.07) is 5.58. The zero-order valence-electron chi connectivity index (χ0n) is 9.57. The molecule has 3 nitrogen and oxygen atoms in total. The van der Waals surface area contributed by atoms with Gasteiger partial charge in [0.15, 0.2) is 0 Å². The van der Waals surface area contributed by atoms with Crippen molar-refractivity contribution in [2.24, 2.45) is 0 Å². The van der Waals surface area contributed by atoms with E-state index in [4.69, 9.17) is 0 Å². The molecule has 0 radical (unpaired) electrons. The van der Waals surface area contributed by atoms with Gasteiger partial charge in [0, 0.05) is 23.3 Å². The Bertz CT molecular complexity index is 717. The first kappa shape index (κ1) is 11.7. The quantitative estimate of drug-likeness (QED) is 0.728. The molecule has 0 spiro atoms. The molecule has 0 atom stereocenters. The summed E-state index contributed by atoms with van der Waals surface area (Å²) in [6.45, 7) is 0. The minimum atomic E-state index is -4.39. The average molecular weight is 263 g/mol. The summed E-state index contributed by atoms with van der Waals surface area (Å²) >= 11 is 0. The summed E-state index contributed by atoms with van der Waals surface area (Å²) in [6.07, 6.45) is 0.222. The first-order valence-electron chi connectivity index (χ1n) is 5.50. The Balaban J connectivity index is 2.31. The molecule has 0 aliphatic carbocycles. The van der Waals surface area contributed by atoms with Gasteiger partial charge in [-0.1, -0.05) is 6.07 Å². The zero-order chi connectivity index (χ0) is 13.5. The molecule has 0 amide bonds. The van der Waals surface area contributed by atoms with Gasteiger partial charge >= 0.3 is 6.18 Å². The number of nitrogens with one attached hydrogen (secondary N) is 1. The smallest absolute Gasteiger partial charge is 0.278 e. The van der Waals surface area contributed by atoms with Crippen molar-refractivity contribution in [3.05, 3.63) is 48.4 Å². The Kier molecular flexibility index (Phi) is 2.51.